The molecule has 0 N–H and O–H groups in total. The smallest absolute Gasteiger partial charge is 0.256 e. The highest BCUT2D eigenvalue weighted by molar-refractivity contribution is 6.30. The van der Waals surface area contributed by atoms with E-state index in [9.17, 15) is 9.59 Å². The molecule has 2 aliphatic rings. The Labute approximate surface area is 223 Å². The molecule has 0 saturated carbocycles. The molecule has 2 aliphatic heterocycles. The molecule has 0 unspecified atom stereocenters. The van der Waals surface area contributed by atoms with Crippen LogP contribution in [0.15, 0.2) is 66.9 Å². The van der Waals surface area contributed by atoms with Crippen molar-refractivity contribution in [3.8, 4) is 0 Å². The molecule has 2 amide bonds. The summed E-state index contributed by atoms with van der Waals surface area (Å²) in [5, 5.41) is 0.725. The van der Waals surface area contributed by atoms with Gasteiger partial charge in [0.2, 0.25) is 5.91 Å². The predicted molar refractivity (Wildman–Crippen MR) is 147 cm³/mol. The molecule has 5 rings (SSSR count). The fraction of sp³-hybridized carbons (Fsp3) is 0.367. The van der Waals surface area contributed by atoms with E-state index in [1.165, 1.54) is 5.56 Å². The van der Waals surface area contributed by atoms with Crippen LogP contribution >= 0.6 is 11.6 Å². The zero-order chi connectivity index (χ0) is 25.9. The average molecular weight is 517 g/mol. The van der Waals surface area contributed by atoms with E-state index in [-0.39, 0.29) is 17.9 Å². The second-order valence-electron chi connectivity index (χ2n) is 10.1. The van der Waals surface area contributed by atoms with Gasteiger partial charge in [-0.1, -0.05) is 41.9 Å². The van der Waals surface area contributed by atoms with Crippen molar-refractivity contribution in [2.45, 2.75) is 58.3 Å². The van der Waals surface area contributed by atoms with Crippen LogP contribution in [0.1, 0.15) is 53.4 Å². The quantitative estimate of drug-likeness (QED) is 0.463. The van der Waals surface area contributed by atoms with Gasteiger partial charge in [0, 0.05) is 67.8 Å². The summed E-state index contributed by atoms with van der Waals surface area (Å²) in [5.74, 6) is -0.00427. The van der Waals surface area contributed by atoms with Crippen LogP contribution in [0, 0.1) is 6.92 Å². The Morgan fingerprint density at radius 3 is 2.49 bits per heavy atom. The highest BCUT2D eigenvalue weighted by Crippen LogP contribution is 2.33. The Balaban J connectivity index is 1.54. The van der Waals surface area contributed by atoms with E-state index in [0.29, 0.717) is 31.2 Å². The molecule has 1 fully saturated rings. The zero-order valence-corrected chi connectivity index (χ0v) is 22.2. The van der Waals surface area contributed by atoms with E-state index in [4.69, 9.17) is 11.6 Å². The number of hydrogen-bond acceptors (Lipinski definition) is 4. The molecule has 0 spiro atoms. The van der Waals surface area contributed by atoms with Gasteiger partial charge in [-0.3, -0.25) is 19.5 Å². The average Bonchev–Trinajstić information content (AvgIpc) is 3.25. The Morgan fingerprint density at radius 2 is 1.73 bits per heavy atom. The molecule has 7 heteroatoms. The first kappa shape index (κ1) is 25.4. The van der Waals surface area contributed by atoms with Crippen molar-refractivity contribution in [1.82, 2.24) is 14.8 Å². The largest absolute Gasteiger partial charge is 0.333 e. The van der Waals surface area contributed by atoms with Crippen LogP contribution in [0.25, 0.3) is 0 Å². The fourth-order valence-electron chi connectivity index (χ4n) is 5.77. The number of fused-ring (bicyclic) bond motifs is 3. The predicted octanol–water partition coefficient (Wildman–Crippen LogP) is 5.48. The molecular formula is C30H33ClN4O2. The van der Waals surface area contributed by atoms with Gasteiger partial charge < -0.3 is 9.80 Å². The molecule has 2 aromatic carbocycles. The van der Waals surface area contributed by atoms with Crippen LogP contribution in [-0.2, 0) is 17.9 Å². The number of halogens is 1. The van der Waals surface area contributed by atoms with Gasteiger partial charge in [-0.05, 0) is 67.6 Å². The molecule has 192 valence electrons. The summed E-state index contributed by atoms with van der Waals surface area (Å²) in [6.07, 6.45) is 4.65. The van der Waals surface area contributed by atoms with E-state index in [0.717, 1.165) is 47.8 Å². The Bertz CT molecular complexity index is 1280. The summed E-state index contributed by atoms with van der Waals surface area (Å²) in [5.41, 5.74) is 4.41. The van der Waals surface area contributed by atoms with Crippen molar-refractivity contribution in [3.05, 3.63) is 94.3 Å². The van der Waals surface area contributed by atoms with Gasteiger partial charge in [-0.2, -0.15) is 0 Å². The lowest BCUT2D eigenvalue weighted by Gasteiger charge is -2.34. The standard InChI is InChI=1S/C30H33ClN4O2/c1-21-28(7-5-16-32-21)30(37)33-19-24-6-3-4-8-29(24)34(22(2)36)17-15-26-13-14-27(20-33)35(26)18-23-9-11-25(31)12-10-23/h3-12,16,26-27H,13-15,17-20H2,1-2H3/t26-,27+/m1/s1. The topological polar surface area (TPSA) is 56.8 Å². The maximum atomic E-state index is 13.9. The number of nitrogens with zero attached hydrogens (tertiary/aromatic N) is 4. The summed E-state index contributed by atoms with van der Waals surface area (Å²) in [4.78, 5) is 37.5. The van der Waals surface area contributed by atoms with Crippen molar-refractivity contribution >= 4 is 29.1 Å². The van der Waals surface area contributed by atoms with E-state index in [2.05, 4.69) is 22.0 Å². The van der Waals surface area contributed by atoms with Gasteiger partial charge in [-0.25, -0.2) is 0 Å². The molecule has 1 aromatic heterocycles. The van der Waals surface area contributed by atoms with E-state index >= 15 is 0 Å². The number of aryl methyl sites for hydroxylation is 1. The lowest BCUT2D eigenvalue weighted by molar-refractivity contribution is -0.116. The van der Waals surface area contributed by atoms with Crippen molar-refractivity contribution in [3.63, 3.8) is 0 Å². The third-order valence-corrected chi connectivity index (χ3v) is 7.97. The minimum absolute atomic E-state index is 0.0199. The minimum atomic E-state index is -0.0242. The van der Waals surface area contributed by atoms with Crippen LogP contribution in [0.5, 0.6) is 0 Å². The molecule has 3 heterocycles. The minimum Gasteiger partial charge on any atom is -0.333 e. The van der Waals surface area contributed by atoms with Crippen molar-refractivity contribution < 1.29 is 9.59 Å². The first-order valence-corrected chi connectivity index (χ1v) is 13.4. The third kappa shape index (κ3) is 5.55. The molecule has 1 saturated heterocycles. The molecule has 0 aliphatic carbocycles. The Hall–Kier alpha value is -3.22. The second kappa shape index (κ2) is 11.0. The highest BCUT2D eigenvalue weighted by Gasteiger charge is 2.37. The molecule has 3 aromatic rings. The maximum absolute atomic E-state index is 13.9. The summed E-state index contributed by atoms with van der Waals surface area (Å²) in [6, 6.07) is 20.2. The van der Waals surface area contributed by atoms with E-state index in [1.54, 1.807) is 13.1 Å². The number of amides is 2. The lowest BCUT2D eigenvalue weighted by Crippen LogP contribution is -2.45. The number of para-hydroxylation sites is 1. The van der Waals surface area contributed by atoms with Crippen molar-refractivity contribution in [2.24, 2.45) is 0 Å². The van der Waals surface area contributed by atoms with Crippen molar-refractivity contribution in [1.29, 1.82) is 0 Å². The maximum Gasteiger partial charge on any atom is 0.256 e. The van der Waals surface area contributed by atoms with Crippen LogP contribution in [0.4, 0.5) is 5.69 Å². The number of rotatable bonds is 3. The number of hydrogen-bond donors (Lipinski definition) is 0. The normalized spacial score (nSPS) is 20.3. The zero-order valence-electron chi connectivity index (χ0n) is 21.4. The SMILES string of the molecule is CC(=O)N1CC[C@H]2CC[C@@H](CN(C(=O)c3cccnc3C)Cc3ccccc31)N2Cc1ccc(Cl)cc1. The first-order chi connectivity index (χ1) is 17.9. The van der Waals surface area contributed by atoms with Gasteiger partial charge >= 0.3 is 0 Å². The van der Waals surface area contributed by atoms with Gasteiger partial charge in [0.25, 0.3) is 5.91 Å². The van der Waals surface area contributed by atoms with Gasteiger partial charge in [0.15, 0.2) is 0 Å². The molecule has 0 radical (unpaired) electrons. The van der Waals surface area contributed by atoms with Crippen LogP contribution in [-0.4, -0.2) is 51.8 Å². The molecule has 2 atom stereocenters. The van der Waals surface area contributed by atoms with E-state index in [1.807, 2.05) is 65.3 Å². The fourth-order valence-corrected chi connectivity index (χ4v) is 5.90. The Morgan fingerprint density at radius 1 is 0.973 bits per heavy atom. The first-order valence-electron chi connectivity index (χ1n) is 13.0. The highest BCUT2D eigenvalue weighted by atomic mass is 35.5. The lowest BCUT2D eigenvalue weighted by atomic mass is 10.1. The van der Waals surface area contributed by atoms with Crippen LogP contribution in [0.2, 0.25) is 5.02 Å². The summed E-state index contributed by atoms with van der Waals surface area (Å²) in [7, 11) is 0. The number of anilines is 1. The Kier molecular flexibility index (Phi) is 7.58. The van der Waals surface area contributed by atoms with E-state index < -0.39 is 0 Å². The monoisotopic (exact) mass is 516 g/mol. The second-order valence-corrected chi connectivity index (χ2v) is 10.5. The van der Waals surface area contributed by atoms with Gasteiger partial charge in [-0.15, -0.1) is 0 Å². The van der Waals surface area contributed by atoms with Gasteiger partial charge in [0.05, 0.1) is 5.56 Å². The number of pyridine rings is 1. The number of carbonyl (C=O) groups excluding carboxylic acids is 2. The molecule has 2 bridgehead atoms. The molecular weight excluding hydrogens is 484 g/mol. The van der Waals surface area contributed by atoms with Gasteiger partial charge in [0.1, 0.15) is 0 Å². The number of aromatic nitrogens is 1. The number of carbonyl (C=O) groups is 2. The molecule has 37 heavy (non-hydrogen) atoms. The summed E-state index contributed by atoms with van der Waals surface area (Å²) in [6.45, 7) is 5.99. The van der Waals surface area contributed by atoms with Crippen molar-refractivity contribution in [2.75, 3.05) is 18.0 Å². The number of benzene rings is 2. The summed E-state index contributed by atoms with van der Waals surface area (Å²) >= 11 is 6.14. The third-order valence-electron chi connectivity index (χ3n) is 7.71. The van der Waals surface area contributed by atoms with Crippen LogP contribution in [0.3, 0.4) is 0 Å². The summed E-state index contributed by atoms with van der Waals surface area (Å²) < 4.78 is 0. The molecule has 6 nitrogen and oxygen atoms in total. The van der Waals surface area contributed by atoms with Crippen LogP contribution < -0.4 is 4.90 Å².